The van der Waals surface area contributed by atoms with Gasteiger partial charge in [-0.05, 0) is 30.7 Å². The monoisotopic (exact) mass is 387 g/mol. The van der Waals surface area contributed by atoms with Gasteiger partial charge in [0.05, 0.1) is 19.1 Å². The smallest absolute Gasteiger partial charge is 0.230 e. The van der Waals surface area contributed by atoms with Crippen molar-refractivity contribution in [1.29, 1.82) is 0 Å². The van der Waals surface area contributed by atoms with E-state index in [4.69, 9.17) is 9.15 Å². The van der Waals surface area contributed by atoms with Gasteiger partial charge in [-0.2, -0.15) is 0 Å². The number of benzene rings is 1. The van der Waals surface area contributed by atoms with Gasteiger partial charge in [-0.1, -0.05) is 0 Å². The van der Waals surface area contributed by atoms with Crippen molar-refractivity contribution >= 4 is 5.69 Å². The third kappa shape index (κ3) is 3.76. The van der Waals surface area contributed by atoms with Gasteiger partial charge >= 0.3 is 0 Å². The first-order chi connectivity index (χ1) is 13.7. The summed E-state index contributed by atoms with van der Waals surface area (Å²) in [6, 6.07) is 7.40. The summed E-state index contributed by atoms with van der Waals surface area (Å²) in [5, 5.41) is 8.41. The van der Waals surface area contributed by atoms with Crippen LogP contribution in [0.4, 0.5) is 10.1 Å². The molecule has 5 rings (SSSR count). The van der Waals surface area contributed by atoms with Gasteiger partial charge < -0.3 is 14.1 Å². The topological polar surface area (TPSA) is 57.9 Å². The first-order valence-electron chi connectivity index (χ1n) is 10.1. The molecule has 7 nitrogen and oxygen atoms in total. The van der Waals surface area contributed by atoms with Crippen molar-refractivity contribution in [3.05, 3.63) is 41.9 Å². The molecular weight excluding hydrogens is 361 g/mol. The Bertz CT molecular complexity index is 778. The normalized spacial score (nSPS) is 24.6. The molecule has 2 aromatic rings. The molecule has 8 heteroatoms. The highest BCUT2D eigenvalue weighted by atomic mass is 19.1. The van der Waals surface area contributed by atoms with Crippen LogP contribution < -0.4 is 4.90 Å². The Kier molecular flexibility index (Phi) is 5.00. The fourth-order valence-corrected chi connectivity index (χ4v) is 4.32. The van der Waals surface area contributed by atoms with E-state index in [2.05, 4.69) is 24.9 Å². The number of halogens is 1. The number of rotatable bonds is 5. The Hall–Kier alpha value is -2.03. The molecule has 3 aliphatic rings. The minimum absolute atomic E-state index is 0.179. The average Bonchev–Trinajstić information content (AvgIpc) is 3.37. The van der Waals surface area contributed by atoms with Gasteiger partial charge in [-0.15, -0.1) is 10.2 Å². The molecule has 1 atom stereocenters. The molecule has 3 aliphatic heterocycles. The van der Waals surface area contributed by atoms with Crippen LogP contribution in [0, 0.1) is 5.82 Å². The summed E-state index contributed by atoms with van der Waals surface area (Å²) in [6.45, 7) is 8.35. The van der Waals surface area contributed by atoms with Crippen LogP contribution in [0.2, 0.25) is 0 Å². The van der Waals surface area contributed by atoms with E-state index in [9.17, 15) is 4.39 Å². The Morgan fingerprint density at radius 1 is 1.04 bits per heavy atom. The summed E-state index contributed by atoms with van der Waals surface area (Å²) in [5.41, 5.74) is 1.11. The zero-order valence-electron chi connectivity index (χ0n) is 16.0. The fourth-order valence-electron chi connectivity index (χ4n) is 4.32. The van der Waals surface area contributed by atoms with Crippen LogP contribution in [0.5, 0.6) is 0 Å². The number of aromatic nitrogens is 2. The van der Waals surface area contributed by atoms with Gasteiger partial charge in [-0.25, -0.2) is 4.39 Å². The lowest BCUT2D eigenvalue weighted by molar-refractivity contribution is 0.0204. The van der Waals surface area contributed by atoms with Crippen LogP contribution in [0.25, 0.3) is 0 Å². The van der Waals surface area contributed by atoms with E-state index < -0.39 is 0 Å². The molecular formula is C20H26FN5O2. The third-order valence-electron chi connectivity index (χ3n) is 6.08. The van der Waals surface area contributed by atoms with Gasteiger partial charge in [0.2, 0.25) is 11.8 Å². The second kappa shape index (κ2) is 7.77. The molecule has 1 aromatic heterocycles. The fraction of sp³-hybridized carbons (Fsp3) is 0.600. The van der Waals surface area contributed by atoms with Crippen molar-refractivity contribution in [2.75, 3.05) is 57.4 Å². The Labute approximate surface area is 164 Å². The standard InChI is InChI=1S/C20H26FN5O2/c21-16-1-3-17(4-2-16)25-6-8-26(9-7-25)18-11-24(12-18)13-19-22-23-20(28-19)15-5-10-27-14-15/h1-4,15,18H,5-14H2. The number of likely N-dealkylation sites (tertiary alicyclic amines) is 1. The lowest BCUT2D eigenvalue weighted by atomic mass is 10.1. The summed E-state index contributed by atoms with van der Waals surface area (Å²) in [4.78, 5) is 7.25. The highest BCUT2D eigenvalue weighted by Crippen LogP contribution is 2.25. The Morgan fingerprint density at radius 2 is 1.82 bits per heavy atom. The van der Waals surface area contributed by atoms with Crippen LogP contribution in [-0.2, 0) is 11.3 Å². The SMILES string of the molecule is Fc1ccc(N2CCN(C3CN(Cc4nnc(C5CCOC5)o4)C3)CC2)cc1. The van der Waals surface area contributed by atoms with E-state index in [1.165, 1.54) is 12.1 Å². The minimum Gasteiger partial charge on any atom is -0.423 e. The number of anilines is 1. The lowest BCUT2D eigenvalue weighted by Gasteiger charge is -2.48. The first kappa shape index (κ1) is 18.0. The Balaban J connectivity index is 1.07. The average molecular weight is 387 g/mol. The molecule has 0 N–H and O–H groups in total. The summed E-state index contributed by atoms with van der Waals surface area (Å²) < 4.78 is 24.3. The summed E-state index contributed by atoms with van der Waals surface area (Å²) in [7, 11) is 0. The molecule has 0 aliphatic carbocycles. The maximum Gasteiger partial charge on any atom is 0.230 e. The zero-order valence-corrected chi connectivity index (χ0v) is 16.0. The molecule has 0 spiro atoms. The third-order valence-corrected chi connectivity index (χ3v) is 6.08. The maximum atomic E-state index is 13.1. The van der Waals surface area contributed by atoms with E-state index in [0.717, 1.165) is 70.4 Å². The van der Waals surface area contributed by atoms with Crippen molar-refractivity contribution in [3.8, 4) is 0 Å². The van der Waals surface area contributed by atoms with Gasteiger partial charge in [0, 0.05) is 57.6 Å². The lowest BCUT2D eigenvalue weighted by Crippen LogP contribution is -2.62. The van der Waals surface area contributed by atoms with Gasteiger partial charge in [0.1, 0.15) is 5.82 Å². The molecule has 28 heavy (non-hydrogen) atoms. The predicted molar refractivity (Wildman–Crippen MR) is 102 cm³/mol. The number of piperazine rings is 1. The summed E-state index contributed by atoms with van der Waals surface area (Å²) in [5.74, 6) is 1.52. The highest BCUT2D eigenvalue weighted by molar-refractivity contribution is 5.46. The molecule has 150 valence electrons. The van der Waals surface area contributed by atoms with Gasteiger partial charge in [-0.3, -0.25) is 9.80 Å². The van der Waals surface area contributed by atoms with E-state index >= 15 is 0 Å². The highest BCUT2D eigenvalue weighted by Gasteiger charge is 2.34. The molecule has 3 saturated heterocycles. The largest absolute Gasteiger partial charge is 0.423 e. The van der Waals surface area contributed by atoms with Crippen molar-refractivity contribution < 1.29 is 13.5 Å². The molecule has 4 heterocycles. The molecule has 1 aromatic carbocycles. The molecule has 0 saturated carbocycles. The molecule has 0 radical (unpaired) electrons. The van der Waals surface area contributed by atoms with Crippen molar-refractivity contribution in [2.24, 2.45) is 0 Å². The van der Waals surface area contributed by atoms with Crippen LogP contribution >= 0.6 is 0 Å². The van der Waals surface area contributed by atoms with Crippen LogP contribution in [0.1, 0.15) is 24.1 Å². The van der Waals surface area contributed by atoms with E-state index in [-0.39, 0.29) is 11.7 Å². The summed E-state index contributed by atoms with van der Waals surface area (Å²) in [6.07, 6.45) is 0.970. The van der Waals surface area contributed by atoms with Gasteiger partial charge in [0.15, 0.2) is 0 Å². The van der Waals surface area contributed by atoms with Crippen molar-refractivity contribution in [3.63, 3.8) is 0 Å². The number of hydrogen-bond acceptors (Lipinski definition) is 7. The predicted octanol–water partition coefficient (Wildman–Crippen LogP) is 1.72. The van der Waals surface area contributed by atoms with E-state index in [1.54, 1.807) is 0 Å². The molecule has 0 amide bonds. The number of hydrogen-bond donors (Lipinski definition) is 0. The second-order valence-electron chi connectivity index (χ2n) is 7.94. The second-order valence-corrected chi connectivity index (χ2v) is 7.94. The van der Waals surface area contributed by atoms with E-state index in [1.807, 2.05) is 12.1 Å². The van der Waals surface area contributed by atoms with Crippen molar-refractivity contribution in [1.82, 2.24) is 20.0 Å². The molecule has 0 bridgehead atoms. The Morgan fingerprint density at radius 3 is 2.54 bits per heavy atom. The van der Waals surface area contributed by atoms with Crippen LogP contribution in [-0.4, -0.2) is 78.5 Å². The van der Waals surface area contributed by atoms with Crippen LogP contribution in [0.15, 0.2) is 28.7 Å². The first-order valence-corrected chi connectivity index (χ1v) is 10.1. The summed E-state index contributed by atoms with van der Waals surface area (Å²) >= 11 is 0. The maximum absolute atomic E-state index is 13.1. The van der Waals surface area contributed by atoms with Crippen LogP contribution in [0.3, 0.4) is 0 Å². The zero-order chi connectivity index (χ0) is 18.9. The number of nitrogens with zero attached hydrogens (tertiary/aromatic N) is 5. The minimum atomic E-state index is -0.179. The number of ether oxygens (including phenoxy) is 1. The quantitative estimate of drug-likeness (QED) is 0.774. The van der Waals surface area contributed by atoms with Gasteiger partial charge in [0.25, 0.3) is 0 Å². The molecule has 3 fully saturated rings. The molecule has 1 unspecified atom stereocenters. The van der Waals surface area contributed by atoms with Crippen molar-refractivity contribution in [2.45, 2.75) is 24.9 Å². The van der Waals surface area contributed by atoms with E-state index in [0.29, 0.717) is 18.5 Å².